The molecule has 1 heterocycles. The lowest BCUT2D eigenvalue weighted by Gasteiger charge is -2.17. The summed E-state index contributed by atoms with van der Waals surface area (Å²) in [6.07, 6.45) is 1.52. The van der Waals surface area contributed by atoms with Gasteiger partial charge in [0.1, 0.15) is 11.8 Å². The molecule has 5 heteroatoms. The summed E-state index contributed by atoms with van der Waals surface area (Å²) in [5.41, 5.74) is 1.02. The van der Waals surface area contributed by atoms with Gasteiger partial charge in [0, 0.05) is 18.4 Å². The number of carboxylic acids is 1. The molecule has 17 heavy (non-hydrogen) atoms. The zero-order valence-corrected chi connectivity index (χ0v) is 9.84. The van der Waals surface area contributed by atoms with E-state index in [2.05, 4.69) is 10.3 Å². The molecule has 1 unspecified atom stereocenters. The van der Waals surface area contributed by atoms with E-state index in [1.807, 2.05) is 19.9 Å². The summed E-state index contributed by atoms with van der Waals surface area (Å²) in [5.74, 6) is -1.21. The first-order valence-corrected chi connectivity index (χ1v) is 5.37. The Bertz CT molecular complexity index is 438. The van der Waals surface area contributed by atoms with Crippen molar-refractivity contribution in [1.29, 1.82) is 5.26 Å². The van der Waals surface area contributed by atoms with Gasteiger partial charge in [-0.25, -0.2) is 4.98 Å². The Kier molecular flexibility index (Phi) is 4.46. The number of rotatable bonds is 5. The van der Waals surface area contributed by atoms with Gasteiger partial charge in [0.05, 0.1) is 5.92 Å². The third kappa shape index (κ3) is 3.76. The number of hydrogen-bond donors (Lipinski definition) is 2. The Morgan fingerprint density at radius 1 is 1.65 bits per heavy atom. The molecular formula is C12H15N3O2. The number of nitrogens with zero attached hydrogens (tertiary/aromatic N) is 2. The van der Waals surface area contributed by atoms with Crippen molar-refractivity contribution in [2.75, 3.05) is 11.9 Å². The fourth-order valence-electron chi connectivity index (χ4n) is 1.44. The fraction of sp³-hybridized carbons (Fsp3) is 0.417. The molecule has 0 saturated heterocycles. The van der Waals surface area contributed by atoms with Crippen molar-refractivity contribution in [1.82, 2.24) is 4.98 Å². The molecule has 0 aliphatic heterocycles. The molecule has 0 saturated carbocycles. The second kappa shape index (κ2) is 5.85. The average Bonchev–Trinajstić information content (AvgIpc) is 2.28. The van der Waals surface area contributed by atoms with Gasteiger partial charge in [0.15, 0.2) is 0 Å². The molecule has 0 amide bonds. The number of aliphatic carboxylic acids is 1. The molecule has 1 aromatic rings. The van der Waals surface area contributed by atoms with E-state index in [0.29, 0.717) is 17.9 Å². The normalized spacial score (nSPS) is 11.9. The van der Waals surface area contributed by atoms with Crippen LogP contribution >= 0.6 is 0 Å². The van der Waals surface area contributed by atoms with E-state index in [1.54, 1.807) is 12.1 Å². The van der Waals surface area contributed by atoms with Gasteiger partial charge in [-0.2, -0.15) is 5.26 Å². The van der Waals surface area contributed by atoms with Crippen molar-refractivity contribution in [3.05, 3.63) is 24.0 Å². The first kappa shape index (κ1) is 13.0. The van der Waals surface area contributed by atoms with Gasteiger partial charge in [-0.15, -0.1) is 0 Å². The number of hydrogen-bond acceptors (Lipinski definition) is 4. The van der Waals surface area contributed by atoms with Gasteiger partial charge < -0.3 is 10.4 Å². The fourth-order valence-corrected chi connectivity index (χ4v) is 1.44. The molecule has 0 aliphatic carbocycles. The van der Waals surface area contributed by atoms with Gasteiger partial charge >= 0.3 is 5.97 Å². The smallest absolute Gasteiger partial charge is 0.308 e. The first-order chi connectivity index (χ1) is 8.04. The minimum Gasteiger partial charge on any atom is -0.481 e. The number of aromatic nitrogens is 1. The Morgan fingerprint density at radius 2 is 2.35 bits per heavy atom. The maximum Gasteiger partial charge on any atom is 0.308 e. The van der Waals surface area contributed by atoms with Crippen LogP contribution in [0.1, 0.15) is 19.5 Å². The summed E-state index contributed by atoms with van der Waals surface area (Å²) < 4.78 is 0. The quantitative estimate of drug-likeness (QED) is 0.808. The molecule has 0 fully saturated rings. The Morgan fingerprint density at radius 3 is 2.88 bits per heavy atom. The Labute approximate surface area is 100 Å². The second-order valence-corrected chi connectivity index (χ2v) is 4.11. The van der Waals surface area contributed by atoms with Gasteiger partial charge in [0.2, 0.25) is 0 Å². The summed E-state index contributed by atoms with van der Waals surface area (Å²) >= 11 is 0. The Hall–Kier alpha value is -2.09. The molecule has 0 spiro atoms. The molecule has 0 bridgehead atoms. The lowest BCUT2D eigenvalue weighted by Crippen LogP contribution is -2.27. The van der Waals surface area contributed by atoms with Crippen LogP contribution in [0, 0.1) is 23.2 Å². The highest BCUT2D eigenvalue weighted by atomic mass is 16.4. The SMILES string of the molecule is CC(C)C(CNc1ccnc(C#N)c1)C(=O)O. The zero-order chi connectivity index (χ0) is 12.8. The van der Waals surface area contributed by atoms with Crippen LogP contribution in [0.25, 0.3) is 0 Å². The highest BCUT2D eigenvalue weighted by Gasteiger charge is 2.20. The van der Waals surface area contributed by atoms with Crippen LogP contribution in [0.4, 0.5) is 5.69 Å². The molecule has 0 aromatic carbocycles. The van der Waals surface area contributed by atoms with Gasteiger partial charge in [-0.05, 0) is 18.1 Å². The van der Waals surface area contributed by atoms with E-state index < -0.39 is 11.9 Å². The molecule has 2 N–H and O–H groups in total. The predicted molar refractivity (Wildman–Crippen MR) is 63.4 cm³/mol. The van der Waals surface area contributed by atoms with Crippen molar-refractivity contribution in [3.8, 4) is 6.07 Å². The third-order valence-corrected chi connectivity index (χ3v) is 2.52. The van der Waals surface area contributed by atoms with Crippen LogP contribution < -0.4 is 5.32 Å². The van der Waals surface area contributed by atoms with Crippen molar-refractivity contribution in [3.63, 3.8) is 0 Å². The van der Waals surface area contributed by atoms with Crippen molar-refractivity contribution in [2.24, 2.45) is 11.8 Å². The lowest BCUT2D eigenvalue weighted by atomic mass is 9.96. The van der Waals surface area contributed by atoms with E-state index in [9.17, 15) is 4.79 Å². The number of nitrogens with one attached hydrogen (secondary N) is 1. The van der Waals surface area contributed by atoms with E-state index in [4.69, 9.17) is 10.4 Å². The molecule has 0 radical (unpaired) electrons. The highest BCUT2D eigenvalue weighted by Crippen LogP contribution is 2.14. The zero-order valence-electron chi connectivity index (χ0n) is 9.84. The van der Waals surface area contributed by atoms with Crippen LogP contribution in [0.5, 0.6) is 0 Å². The average molecular weight is 233 g/mol. The van der Waals surface area contributed by atoms with Crippen LogP contribution in [-0.4, -0.2) is 22.6 Å². The van der Waals surface area contributed by atoms with Crippen molar-refractivity contribution >= 4 is 11.7 Å². The third-order valence-electron chi connectivity index (χ3n) is 2.52. The topological polar surface area (TPSA) is 86.0 Å². The van der Waals surface area contributed by atoms with Gasteiger partial charge in [0.25, 0.3) is 0 Å². The summed E-state index contributed by atoms with van der Waals surface area (Å²) in [7, 11) is 0. The molecule has 90 valence electrons. The minimum absolute atomic E-state index is 0.0530. The van der Waals surface area contributed by atoms with Crippen LogP contribution in [-0.2, 0) is 4.79 Å². The van der Waals surface area contributed by atoms with Crippen LogP contribution in [0.3, 0.4) is 0 Å². The lowest BCUT2D eigenvalue weighted by molar-refractivity contribution is -0.142. The van der Waals surface area contributed by atoms with Gasteiger partial charge in [-0.3, -0.25) is 4.79 Å². The van der Waals surface area contributed by atoms with Crippen LogP contribution in [0.15, 0.2) is 18.3 Å². The molecule has 5 nitrogen and oxygen atoms in total. The number of nitriles is 1. The molecule has 1 atom stereocenters. The maximum absolute atomic E-state index is 11.0. The standard InChI is InChI=1S/C12H15N3O2/c1-8(2)11(12(16)17)7-15-9-3-4-14-10(5-9)6-13/h3-5,8,11H,7H2,1-2H3,(H,14,15)(H,16,17). The predicted octanol–water partition coefficient (Wildman–Crippen LogP) is 1.72. The summed E-state index contributed by atoms with van der Waals surface area (Å²) in [6, 6.07) is 5.24. The summed E-state index contributed by atoms with van der Waals surface area (Å²) in [6.45, 7) is 4.07. The summed E-state index contributed by atoms with van der Waals surface area (Å²) in [4.78, 5) is 14.8. The monoisotopic (exact) mass is 233 g/mol. The van der Waals surface area contributed by atoms with E-state index in [1.165, 1.54) is 6.20 Å². The Balaban J connectivity index is 2.66. The highest BCUT2D eigenvalue weighted by molar-refractivity contribution is 5.71. The van der Waals surface area contributed by atoms with Crippen molar-refractivity contribution in [2.45, 2.75) is 13.8 Å². The number of carbonyl (C=O) groups is 1. The molecule has 1 aromatic heterocycles. The van der Waals surface area contributed by atoms with Crippen molar-refractivity contribution < 1.29 is 9.90 Å². The second-order valence-electron chi connectivity index (χ2n) is 4.11. The maximum atomic E-state index is 11.0. The molecule has 0 aliphatic rings. The number of carboxylic acid groups (broad SMARTS) is 1. The van der Waals surface area contributed by atoms with E-state index >= 15 is 0 Å². The number of pyridine rings is 1. The van der Waals surface area contributed by atoms with E-state index in [-0.39, 0.29) is 5.92 Å². The molecule has 1 rings (SSSR count). The first-order valence-electron chi connectivity index (χ1n) is 5.37. The van der Waals surface area contributed by atoms with E-state index in [0.717, 1.165) is 0 Å². The van der Waals surface area contributed by atoms with Crippen LogP contribution in [0.2, 0.25) is 0 Å². The minimum atomic E-state index is -0.818. The molecular weight excluding hydrogens is 218 g/mol. The summed E-state index contributed by atoms with van der Waals surface area (Å²) in [5, 5.41) is 20.7. The largest absolute Gasteiger partial charge is 0.481 e. The van der Waals surface area contributed by atoms with Gasteiger partial charge in [-0.1, -0.05) is 13.8 Å². The number of anilines is 1.